The Kier molecular flexibility index (Phi) is 7.95. The fourth-order valence-electron chi connectivity index (χ4n) is 3.89. The van der Waals surface area contributed by atoms with E-state index in [1.54, 1.807) is 42.5 Å². The molecule has 1 heterocycles. The summed E-state index contributed by atoms with van der Waals surface area (Å²) < 4.78 is 31.6. The fourth-order valence-corrected chi connectivity index (χ4v) is 4.96. The minimum Gasteiger partial charge on any atom is -0.378 e. The second kappa shape index (κ2) is 11.1. The predicted octanol–water partition coefficient (Wildman–Crippen LogP) is 4.07. The molecule has 0 bridgehead atoms. The number of hydrogen-bond donors (Lipinski definition) is 1. The van der Waals surface area contributed by atoms with Gasteiger partial charge in [-0.1, -0.05) is 41.9 Å². The third kappa shape index (κ3) is 6.54. The molecule has 4 rings (SSSR count). The molecule has 0 aliphatic carbocycles. The number of nitrogens with zero attached hydrogens (tertiary/aromatic N) is 2. The lowest BCUT2D eigenvalue weighted by Gasteiger charge is -2.28. The minimum absolute atomic E-state index is 0.102. The van der Waals surface area contributed by atoms with Gasteiger partial charge in [0.2, 0.25) is 10.0 Å². The van der Waals surface area contributed by atoms with Crippen molar-refractivity contribution >= 4 is 38.9 Å². The SMILES string of the molecule is CS(=O)(=O)N(Cc1ccccc1Cl)c1ccc(C(=O)NCc2ccc(N3CCOCC3)cc2)cc1. The number of amides is 1. The Morgan fingerprint density at radius 1 is 1.00 bits per heavy atom. The first-order valence-corrected chi connectivity index (χ1v) is 13.5. The summed E-state index contributed by atoms with van der Waals surface area (Å²) in [5.41, 5.74) is 3.75. The molecule has 184 valence electrons. The number of morpholine rings is 1. The summed E-state index contributed by atoms with van der Waals surface area (Å²) in [4.78, 5) is 14.9. The maximum absolute atomic E-state index is 12.7. The number of halogens is 1. The van der Waals surface area contributed by atoms with Gasteiger partial charge in [-0.2, -0.15) is 0 Å². The third-order valence-electron chi connectivity index (χ3n) is 5.86. The number of benzene rings is 3. The summed E-state index contributed by atoms with van der Waals surface area (Å²) >= 11 is 6.22. The van der Waals surface area contributed by atoms with E-state index in [4.69, 9.17) is 16.3 Å². The zero-order valence-corrected chi connectivity index (χ0v) is 21.1. The largest absolute Gasteiger partial charge is 0.378 e. The Bertz CT molecular complexity index is 1260. The highest BCUT2D eigenvalue weighted by atomic mass is 35.5. The maximum Gasteiger partial charge on any atom is 0.251 e. The molecule has 0 unspecified atom stereocenters. The smallest absolute Gasteiger partial charge is 0.251 e. The Balaban J connectivity index is 1.39. The molecule has 9 heteroatoms. The van der Waals surface area contributed by atoms with Crippen LogP contribution >= 0.6 is 11.6 Å². The van der Waals surface area contributed by atoms with Crippen LogP contribution in [0.5, 0.6) is 0 Å². The number of nitrogens with one attached hydrogen (secondary N) is 1. The van der Waals surface area contributed by atoms with Crippen molar-refractivity contribution in [3.8, 4) is 0 Å². The number of ether oxygens (including phenoxy) is 1. The fraction of sp³-hybridized carbons (Fsp3) is 0.269. The van der Waals surface area contributed by atoms with E-state index in [1.165, 1.54) is 4.31 Å². The molecule has 0 saturated carbocycles. The van der Waals surface area contributed by atoms with Crippen LogP contribution in [-0.2, 0) is 27.8 Å². The van der Waals surface area contributed by atoms with Crippen molar-refractivity contribution in [3.63, 3.8) is 0 Å². The van der Waals surface area contributed by atoms with Crippen LogP contribution in [0, 0.1) is 0 Å². The van der Waals surface area contributed by atoms with Gasteiger partial charge >= 0.3 is 0 Å². The first kappa shape index (κ1) is 25.0. The van der Waals surface area contributed by atoms with Gasteiger partial charge in [-0.05, 0) is 53.6 Å². The molecule has 0 aromatic heterocycles. The van der Waals surface area contributed by atoms with Crippen LogP contribution in [0.25, 0.3) is 0 Å². The van der Waals surface area contributed by atoms with Crippen molar-refractivity contribution in [2.45, 2.75) is 13.1 Å². The van der Waals surface area contributed by atoms with E-state index in [9.17, 15) is 13.2 Å². The van der Waals surface area contributed by atoms with Crippen LogP contribution in [0.2, 0.25) is 5.02 Å². The van der Waals surface area contributed by atoms with E-state index in [0.717, 1.165) is 43.8 Å². The van der Waals surface area contributed by atoms with E-state index >= 15 is 0 Å². The molecule has 1 aliphatic rings. The Morgan fingerprint density at radius 2 is 1.66 bits per heavy atom. The van der Waals surface area contributed by atoms with Crippen LogP contribution in [0.3, 0.4) is 0 Å². The maximum atomic E-state index is 12.7. The summed E-state index contributed by atoms with van der Waals surface area (Å²) in [7, 11) is -3.56. The van der Waals surface area contributed by atoms with Crippen molar-refractivity contribution in [3.05, 3.63) is 94.5 Å². The molecule has 0 spiro atoms. The lowest BCUT2D eigenvalue weighted by molar-refractivity contribution is 0.0951. The summed E-state index contributed by atoms with van der Waals surface area (Å²) in [5, 5.41) is 3.41. The van der Waals surface area contributed by atoms with E-state index in [0.29, 0.717) is 28.4 Å². The molecule has 0 atom stereocenters. The van der Waals surface area contributed by atoms with Crippen molar-refractivity contribution in [2.24, 2.45) is 0 Å². The Labute approximate surface area is 211 Å². The molecule has 7 nitrogen and oxygen atoms in total. The average Bonchev–Trinajstić information content (AvgIpc) is 2.87. The summed E-state index contributed by atoms with van der Waals surface area (Å²) in [6.45, 7) is 3.72. The zero-order chi connectivity index (χ0) is 24.8. The number of hydrogen-bond acceptors (Lipinski definition) is 5. The average molecular weight is 514 g/mol. The van der Waals surface area contributed by atoms with Crippen LogP contribution in [0.15, 0.2) is 72.8 Å². The van der Waals surface area contributed by atoms with Crippen LogP contribution in [0.4, 0.5) is 11.4 Å². The van der Waals surface area contributed by atoms with Gasteiger partial charge in [0.05, 0.1) is 31.7 Å². The van der Waals surface area contributed by atoms with E-state index in [1.807, 2.05) is 18.2 Å². The Hall–Kier alpha value is -3.07. The van der Waals surface area contributed by atoms with Gasteiger partial charge in [0.1, 0.15) is 0 Å². The highest BCUT2D eigenvalue weighted by molar-refractivity contribution is 7.92. The third-order valence-corrected chi connectivity index (χ3v) is 7.36. The molecular formula is C26H28ClN3O4S. The molecular weight excluding hydrogens is 486 g/mol. The zero-order valence-electron chi connectivity index (χ0n) is 19.5. The molecule has 3 aromatic rings. The second-order valence-corrected chi connectivity index (χ2v) is 10.7. The lowest BCUT2D eigenvalue weighted by Crippen LogP contribution is -2.36. The molecule has 1 aliphatic heterocycles. The summed E-state index contributed by atoms with van der Waals surface area (Å²) in [6, 6.07) is 21.7. The normalized spacial score (nSPS) is 13.9. The van der Waals surface area contributed by atoms with Gasteiger partial charge in [0.15, 0.2) is 0 Å². The molecule has 35 heavy (non-hydrogen) atoms. The predicted molar refractivity (Wildman–Crippen MR) is 140 cm³/mol. The van der Waals surface area contributed by atoms with Gasteiger partial charge < -0.3 is 15.0 Å². The number of carbonyl (C=O) groups is 1. The molecule has 3 aromatic carbocycles. The van der Waals surface area contributed by atoms with E-state index in [-0.39, 0.29) is 12.5 Å². The molecule has 1 amide bonds. The molecule has 1 N–H and O–H groups in total. The number of sulfonamides is 1. The number of carbonyl (C=O) groups excluding carboxylic acids is 1. The van der Waals surface area contributed by atoms with Crippen LogP contribution in [0.1, 0.15) is 21.5 Å². The van der Waals surface area contributed by atoms with Crippen molar-refractivity contribution < 1.29 is 17.9 Å². The monoisotopic (exact) mass is 513 g/mol. The highest BCUT2D eigenvalue weighted by Crippen LogP contribution is 2.24. The van der Waals surface area contributed by atoms with Gasteiger partial charge in [0, 0.05) is 35.9 Å². The standard InChI is InChI=1S/C26H28ClN3O4S/c1-35(32,33)30(19-22-4-2-3-5-25(22)27)24-12-8-21(9-13-24)26(31)28-18-20-6-10-23(11-7-20)29-14-16-34-17-15-29/h2-13H,14-19H2,1H3,(H,28,31). The number of rotatable bonds is 8. The first-order chi connectivity index (χ1) is 16.8. The van der Waals surface area contributed by atoms with Crippen molar-refractivity contribution in [1.82, 2.24) is 5.32 Å². The van der Waals surface area contributed by atoms with Gasteiger partial charge in [0.25, 0.3) is 5.91 Å². The molecule has 1 fully saturated rings. The first-order valence-electron chi connectivity index (χ1n) is 11.3. The van der Waals surface area contributed by atoms with Gasteiger partial charge in [-0.15, -0.1) is 0 Å². The quantitative estimate of drug-likeness (QED) is 0.491. The summed E-state index contributed by atoms with van der Waals surface area (Å²) in [5.74, 6) is -0.231. The van der Waals surface area contributed by atoms with Crippen molar-refractivity contribution in [2.75, 3.05) is 41.8 Å². The Morgan fingerprint density at radius 3 is 2.29 bits per heavy atom. The lowest BCUT2D eigenvalue weighted by atomic mass is 10.1. The van der Waals surface area contributed by atoms with Crippen LogP contribution in [-0.4, -0.2) is 46.9 Å². The second-order valence-electron chi connectivity index (χ2n) is 8.36. The minimum atomic E-state index is -3.56. The van der Waals surface area contributed by atoms with Gasteiger partial charge in [-0.3, -0.25) is 9.10 Å². The van der Waals surface area contributed by atoms with E-state index < -0.39 is 10.0 Å². The van der Waals surface area contributed by atoms with Crippen molar-refractivity contribution in [1.29, 1.82) is 0 Å². The topological polar surface area (TPSA) is 79.0 Å². The van der Waals surface area contributed by atoms with E-state index in [2.05, 4.69) is 22.3 Å². The van der Waals surface area contributed by atoms with Gasteiger partial charge in [-0.25, -0.2) is 8.42 Å². The summed E-state index contributed by atoms with van der Waals surface area (Å²) in [6.07, 6.45) is 1.15. The highest BCUT2D eigenvalue weighted by Gasteiger charge is 2.19. The van der Waals surface area contributed by atoms with Crippen LogP contribution < -0.4 is 14.5 Å². The number of anilines is 2. The molecule has 0 radical (unpaired) electrons. The molecule has 1 saturated heterocycles.